The molecule has 0 saturated carbocycles. The van der Waals surface area contributed by atoms with Crippen molar-refractivity contribution in [3.05, 3.63) is 40.5 Å². The number of pyridine rings is 1. The summed E-state index contributed by atoms with van der Waals surface area (Å²) in [5, 5.41) is 11.8. The molecule has 0 atom stereocenters. The van der Waals surface area contributed by atoms with Crippen LogP contribution in [-0.4, -0.2) is 23.6 Å². The van der Waals surface area contributed by atoms with Gasteiger partial charge in [-0.05, 0) is 12.1 Å². The smallest absolute Gasteiger partial charge is 0.128 e. The zero-order valence-electron chi connectivity index (χ0n) is 9.50. The van der Waals surface area contributed by atoms with Gasteiger partial charge < -0.3 is 4.90 Å². The molecule has 0 aliphatic carbocycles. The average Bonchev–Trinajstić information content (AvgIpc) is 2.89. The lowest BCUT2D eigenvalue weighted by Gasteiger charge is -2.17. The quantitative estimate of drug-likeness (QED) is 0.826. The van der Waals surface area contributed by atoms with Crippen molar-refractivity contribution in [2.45, 2.75) is 6.42 Å². The number of thiazole rings is 1. The van der Waals surface area contributed by atoms with Crippen molar-refractivity contribution in [3.8, 4) is 6.07 Å². The highest BCUT2D eigenvalue weighted by atomic mass is 32.1. The van der Waals surface area contributed by atoms with Crippen LogP contribution in [0.1, 0.15) is 10.6 Å². The number of anilines is 1. The standard InChI is InChI=1S/C12H12N4S/c1-16(6-4-12-14-5-7-17-12)11-3-2-10(8-13)9-15-11/h2-3,5,7,9H,4,6H2,1H3. The SMILES string of the molecule is CN(CCc1nccs1)c1ccc(C#N)cn1. The van der Waals surface area contributed by atoms with E-state index < -0.39 is 0 Å². The Bertz CT molecular complexity index is 498. The normalized spacial score (nSPS) is 9.88. The molecule has 0 spiro atoms. The van der Waals surface area contributed by atoms with Crippen molar-refractivity contribution in [1.82, 2.24) is 9.97 Å². The molecule has 2 aromatic rings. The van der Waals surface area contributed by atoms with Crippen molar-refractivity contribution in [2.75, 3.05) is 18.5 Å². The minimum absolute atomic E-state index is 0.585. The maximum absolute atomic E-state index is 8.68. The summed E-state index contributed by atoms with van der Waals surface area (Å²) < 4.78 is 0. The maximum atomic E-state index is 8.68. The Balaban J connectivity index is 1.95. The van der Waals surface area contributed by atoms with Gasteiger partial charge in [0.1, 0.15) is 11.9 Å². The average molecular weight is 244 g/mol. The number of hydrogen-bond donors (Lipinski definition) is 0. The number of hydrogen-bond acceptors (Lipinski definition) is 5. The Labute approximate surface area is 104 Å². The van der Waals surface area contributed by atoms with Crippen LogP contribution in [0.2, 0.25) is 0 Å². The first-order valence-corrected chi connectivity index (χ1v) is 6.13. The zero-order chi connectivity index (χ0) is 12.1. The summed E-state index contributed by atoms with van der Waals surface area (Å²) >= 11 is 1.66. The van der Waals surface area contributed by atoms with Crippen LogP contribution in [-0.2, 0) is 6.42 Å². The van der Waals surface area contributed by atoms with Gasteiger partial charge in [0, 0.05) is 37.8 Å². The third-order valence-electron chi connectivity index (χ3n) is 2.41. The molecule has 0 N–H and O–H groups in total. The van der Waals surface area contributed by atoms with E-state index in [-0.39, 0.29) is 0 Å². The van der Waals surface area contributed by atoms with Gasteiger partial charge in [0.15, 0.2) is 0 Å². The molecule has 0 saturated heterocycles. The first-order chi connectivity index (χ1) is 8.29. The lowest BCUT2D eigenvalue weighted by Crippen LogP contribution is -2.21. The van der Waals surface area contributed by atoms with Crippen molar-refractivity contribution < 1.29 is 0 Å². The second-order valence-corrected chi connectivity index (χ2v) is 4.59. The van der Waals surface area contributed by atoms with Crippen molar-refractivity contribution >= 4 is 17.2 Å². The minimum atomic E-state index is 0.585. The lowest BCUT2D eigenvalue weighted by molar-refractivity contribution is 0.853. The van der Waals surface area contributed by atoms with Crippen LogP contribution in [0.5, 0.6) is 0 Å². The van der Waals surface area contributed by atoms with Crippen LogP contribution in [0.25, 0.3) is 0 Å². The van der Waals surface area contributed by atoms with Gasteiger partial charge in [-0.2, -0.15) is 5.26 Å². The Morgan fingerprint density at radius 1 is 1.41 bits per heavy atom. The molecule has 0 unspecified atom stereocenters. The molecule has 5 heteroatoms. The van der Waals surface area contributed by atoms with Gasteiger partial charge in [-0.3, -0.25) is 0 Å². The molecule has 0 bridgehead atoms. The van der Waals surface area contributed by atoms with E-state index in [0.29, 0.717) is 5.56 Å². The van der Waals surface area contributed by atoms with Gasteiger partial charge in [-0.15, -0.1) is 11.3 Å². The molecule has 86 valence electrons. The number of nitrogens with zero attached hydrogens (tertiary/aromatic N) is 4. The molecule has 2 aromatic heterocycles. The Hall–Kier alpha value is -1.93. The Kier molecular flexibility index (Phi) is 3.68. The molecule has 2 rings (SSSR count). The van der Waals surface area contributed by atoms with Gasteiger partial charge in [-0.25, -0.2) is 9.97 Å². The van der Waals surface area contributed by atoms with Gasteiger partial charge in [0.2, 0.25) is 0 Å². The summed E-state index contributed by atoms with van der Waals surface area (Å²) in [5.41, 5.74) is 0.585. The highest BCUT2D eigenvalue weighted by Crippen LogP contribution is 2.11. The molecule has 4 nitrogen and oxygen atoms in total. The monoisotopic (exact) mass is 244 g/mol. The molecular formula is C12H12N4S. The summed E-state index contributed by atoms with van der Waals surface area (Å²) in [6, 6.07) is 5.70. The molecule has 2 heterocycles. The van der Waals surface area contributed by atoms with E-state index in [1.165, 1.54) is 0 Å². The van der Waals surface area contributed by atoms with Crippen LogP contribution in [0.4, 0.5) is 5.82 Å². The number of nitriles is 1. The van der Waals surface area contributed by atoms with Crippen molar-refractivity contribution in [1.29, 1.82) is 5.26 Å². The third kappa shape index (κ3) is 3.02. The zero-order valence-corrected chi connectivity index (χ0v) is 10.3. The number of rotatable bonds is 4. The molecule has 0 amide bonds. The Morgan fingerprint density at radius 3 is 2.88 bits per heavy atom. The van der Waals surface area contributed by atoms with Crippen LogP contribution >= 0.6 is 11.3 Å². The van der Waals surface area contributed by atoms with E-state index >= 15 is 0 Å². The maximum Gasteiger partial charge on any atom is 0.128 e. The van der Waals surface area contributed by atoms with Gasteiger partial charge in [0.25, 0.3) is 0 Å². The van der Waals surface area contributed by atoms with E-state index in [1.807, 2.05) is 24.7 Å². The predicted molar refractivity (Wildman–Crippen MR) is 68.0 cm³/mol. The number of aromatic nitrogens is 2. The molecule has 0 radical (unpaired) electrons. The minimum Gasteiger partial charge on any atom is -0.359 e. The van der Waals surface area contributed by atoms with E-state index in [4.69, 9.17) is 5.26 Å². The van der Waals surface area contributed by atoms with E-state index in [2.05, 4.69) is 20.9 Å². The van der Waals surface area contributed by atoms with Gasteiger partial charge in [-0.1, -0.05) is 0 Å². The summed E-state index contributed by atoms with van der Waals surface area (Å²) in [6.45, 7) is 0.867. The molecule has 0 fully saturated rings. The van der Waals surface area contributed by atoms with E-state index in [1.54, 1.807) is 23.6 Å². The van der Waals surface area contributed by atoms with Crippen LogP contribution < -0.4 is 4.90 Å². The summed E-state index contributed by atoms with van der Waals surface area (Å²) in [5.74, 6) is 0.876. The fraction of sp³-hybridized carbons (Fsp3) is 0.250. The fourth-order valence-electron chi connectivity index (χ4n) is 1.43. The predicted octanol–water partition coefficient (Wildman–Crippen LogP) is 2.09. The summed E-state index contributed by atoms with van der Waals surface area (Å²) in [7, 11) is 1.99. The highest BCUT2D eigenvalue weighted by molar-refractivity contribution is 7.09. The van der Waals surface area contributed by atoms with Crippen molar-refractivity contribution in [2.24, 2.45) is 0 Å². The molecule has 0 aromatic carbocycles. The van der Waals surface area contributed by atoms with E-state index in [9.17, 15) is 0 Å². The third-order valence-corrected chi connectivity index (χ3v) is 3.25. The fourth-order valence-corrected chi connectivity index (χ4v) is 2.04. The first kappa shape index (κ1) is 11.6. The van der Waals surface area contributed by atoms with Crippen molar-refractivity contribution in [3.63, 3.8) is 0 Å². The molecule has 0 aliphatic rings. The first-order valence-electron chi connectivity index (χ1n) is 5.25. The second-order valence-electron chi connectivity index (χ2n) is 3.61. The molecule has 17 heavy (non-hydrogen) atoms. The largest absolute Gasteiger partial charge is 0.359 e. The van der Waals surface area contributed by atoms with Gasteiger partial charge >= 0.3 is 0 Å². The number of likely N-dealkylation sites (N-methyl/N-ethyl adjacent to an activating group) is 1. The second kappa shape index (κ2) is 5.41. The summed E-state index contributed by atoms with van der Waals surface area (Å²) in [4.78, 5) is 10.5. The van der Waals surface area contributed by atoms with Crippen LogP contribution in [0, 0.1) is 11.3 Å². The summed E-state index contributed by atoms with van der Waals surface area (Å²) in [6.07, 6.45) is 4.32. The molecular weight excluding hydrogens is 232 g/mol. The lowest BCUT2D eigenvalue weighted by atomic mass is 10.3. The van der Waals surface area contributed by atoms with E-state index in [0.717, 1.165) is 23.8 Å². The topological polar surface area (TPSA) is 52.8 Å². The highest BCUT2D eigenvalue weighted by Gasteiger charge is 2.03. The van der Waals surface area contributed by atoms with Crippen LogP contribution in [0.3, 0.4) is 0 Å². The Morgan fingerprint density at radius 2 is 2.29 bits per heavy atom. The molecule has 0 aliphatic heterocycles. The van der Waals surface area contributed by atoms with Gasteiger partial charge in [0.05, 0.1) is 10.6 Å². The van der Waals surface area contributed by atoms with Crippen LogP contribution in [0.15, 0.2) is 29.9 Å².